The molecule has 0 aromatic carbocycles. The number of terminal acetylenes is 1. The van der Waals surface area contributed by atoms with Gasteiger partial charge in [0.2, 0.25) is 0 Å². The Bertz CT molecular complexity index is 435. The Morgan fingerprint density at radius 1 is 1.35 bits per heavy atom. The normalized spacial score (nSPS) is 15.2. The van der Waals surface area contributed by atoms with Crippen LogP contribution in [0.4, 0.5) is 0 Å². The molecule has 2 nitrogen and oxygen atoms in total. The monoisotopic (exact) mass is 276 g/mol. The molecule has 0 fully saturated rings. The van der Waals surface area contributed by atoms with Crippen LogP contribution in [0.3, 0.4) is 0 Å². The van der Waals surface area contributed by atoms with E-state index in [0.717, 1.165) is 18.4 Å². The first-order valence-electron chi connectivity index (χ1n) is 7.12. The van der Waals surface area contributed by atoms with Gasteiger partial charge in [0.25, 0.3) is 0 Å². The van der Waals surface area contributed by atoms with E-state index in [4.69, 9.17) is 11.2 Å². The van der Waals surface area contributed by atoms with Crippen molar-refractivity contribution in [2.75, 3.05) is 0 Å². The lowest BCUT2D eigenvalue weighted by atomic mass is 9.76. The van der Waals surface area contributed by atoms with Crippen LogP contribution in [0.15, 0.2) is 23.8 Å². The Morgan fingerprint density at radius 2 is 1.90 bits per heavy atom. The standard InChI is InChI=1S/C18H28O2/c1-9-12-17(6,7)16(14(3)4)11-13-18(8,10-2)20-15(5)19/h2,11H,3,9,12-13H2,1,4-8H3/b16-11+. The Kier molecular flexibility index (Phi) is 6.79. The van der Waals surface area contributed by atoms with E-state index < -0.39 is 5.60 Å². The van der Waals surface area contributed by atoms with Gasteiger partial charge in [-0.1, -0.05) is 51.3 Å². The Labute approximate surface area is 124 Å². The van der Waals surface area contributed by atoms with Gasteiger partial charge in [-0.25, -0.2) is 0 Å². The SMILES string of the molecule is C#CC(C)(C/C=C(\C(=C)C)C(C)(C)CCC)OC(C)=O. The molecule has 112 valence electrons. The first-order valence-corrected chi connectivity index (χ1v) is 7.12. The van der Waals surface area contributed by atoms with Gasteiger partial charge in [0.15, 0.2) is 5.60 Å². The number of carbonyl (C=O) groups excluding carboxylic acids is 1. The van der Waals surface area contributed by atoms with Crippen LogP contribution in [0.2, 0.25) is 0 Å². The lowest BCUT2D eigenvalue weighted by molar-refractivity contribution is -0.149. The van der Waals surface area contributed by atoms with Crippen molar-refractivity contribution >= 4 is 5.97 Å². The largest absolute Gasteiger partial charge is 0.446 e. The summed E-state index contributed by atoms with van der Waals surface area (Å²) in [5.41, 5.74) is 1.37. The highest BCUT2D eigenvalue weighted by Gasteiger charge is 2.27. The van der Waals surface area contributed by atoms with Crippen molar-refractivity contribution in [1.29, 1.82) is 0 Å². The van der Waals surface area contributed by atoms with E-state index in [9.17, 15) is 4.79 Å². The summed E-state index contributed by atoms with van der Waals surface area (Å²) in [7, 11) is 0. The van der Waals surface area contributed by atoms with Gasteiger partial charge in [0, 0.05) is 13.3 Å². The Hall–Kier alpha value is -1.49. The highest BCUT2D eigenvalue weighted by atomic mass is 16.6. The molecule has 0 saturated carbocycles. The predicted molar refractivity (Wildman–Crippen MR) is 85.2 cm³/mol. The third-order valence-electron chi connectivity index (χ3n) is 3.43. The van der Waals surface area contributed by atoms with Gasteiger partial charge >= 0.3 is 5.97 Å². The van der Waals surface area contributed by atoms with Crippen LogP contribution in [0.1, 0.15) is 60.8 Å². The third kappa shape index (κ3) is 5.65. The fourth-order valence-corrected chi connectivity index (χ4v) is 2.53. The smallest absolute Gasteiger partial charge is 0.304 e. The summed E-state index contributed by atoms with van der Waals surface area (Å²) < 4.78 is 5.24. The average molecular weight is 276 g/mol. The van der Waals surface area contributed by atoms with Crippen molar-refractivity contribution in [3.63, 3.8) is 0 Å². The first kappa shape index (κ1) is 18.5. The highest BCUT2D eigenvalue weighted by Crippen LogP contribution is 2.36. The number of rotatable bonds is 7. The summed E-state index contributed by atoms with van der Waals surface area (Å²) in [5.74, 6) is 2.21. The van der Waals surface area contributed by atoms with Gasteiger partial charge in [0.1, 0.15) is 0 Å². The van der Waals surface area contributed by atoms with Gasteiger partial charge in [-0.3, -0.25) is 4.79 Å². The van der Waals surface area contributed by atoms with Gasteiger partial charge in [-0.05, 0) is 31.3 Å². The number of hydrogen-bond donors (Lipinski definition) is 0. The Morgan fingerprint density at radius 3 is 2.25 bits per heavy atom. The van der Waals surface area contributed by atoms with E-state index in [1.54, 1.807) is 6.92 Å². The molecule has 0 radical (unpaired) electrons. The van der Waals surface area contributed by atoms with Crippen LogP contribution in [0.25, 0.3) is 0 Å². The van der Waals surface area contributed by atoms with Crippen LogP contribution < -0.4 is 0 Å². The topological polar surface area (TPSA) is 26.3 Å². The van der Waals surface area contributed by atoms with E-state index in [-0.39, 0.29) is 11.4 Å². The van der Waals surface area contributed by atoms with Gasteiger partial charge < -0.3 is 4.74 Å². The summed E-state index contributed by atoms with van der Waals surface area (Å²) in [6.07, 6.45) is 10.3. The van der Waals surface area contributed by atoms with Gasteiger partial charge in [-0.15, -0.1) is 6.42 Å². The molecule has 0 rings (SSSR count). The lowest BCUT2D eigenvalue weighted by Gasteiger charge is -2.30. The van der Waals surface area contributed by atoms with E-state index in [1.807, 2.05) is 6.92 Å². The Balaban J connectivity index is 5.28. The van der Waals surface area contributed by atoms with Gasteiger partial charge in [0.05, 0.1) is 0 Å². The second-order valence-corrected chi connectivity index (χ2v) is 6.20. The molecule has 2 heteroatoms. The van der Waals surface area contributed by atoms with E-state index >= 15 is 0 Å². The van der Waals surface area contributed by atoms with Crippen molar-refractivity contribution in [1.82, 2.24) is 0 Å². The van der Waals surface area contributed by atoms with E-state index in [0.29, 0.717) is 6.42 Å². The molecular formula is C18H28O2. The first-order chi connectivity index (χ1) is 9.08. The van der Waals surface area contributed by atoms with E-state index in [1.165, 1.54) is 12.5 Å². The van der Waals surface area contributed by atoms with Crippen LogP contribution in [0, 0.1) is 17.8 Å². The zero-order valence-electron chi connectivity index (χ0n) is 13.8. The fourth-order valence-electron chi connectivity index (χ4n) is 2.53. The van der Waals surface area contributed by atoms with Crippen molar-refractivity contribution in [3.05, 3.63) is 23.8 Å². The van der Waals surface area contributed by atoms with E-state index in [2.05, 4.69) is 39.3 Å². The average Bonchev–Trinajstić information content (AvgIpc) is 2.27. The number of allylic oxidation sites excluding steroid dienone is 2. The molecule has 0 spiro atoms. The quantitative estimate of drug-likeness (QED) is 0.384. The van der Waals surface area contributed by atoms with Crippen LogP contribution in [-0.4, -0.2) is 11.6 Å². The number of hydrogen-bond acceptors (Lipinski definition) is 2. The molecule has 0 aliphatic carbocycles. The summed E-state index contributed by atoms with van der Waals surface area (Å²) >= 11 is 0. The number of ether oxygens (including phenoxy) is 1. The minimum absolute atomic E-state index is 0.0479. The van der Waals surface area contributed by atoms with Crippen molar-refractivity contribution < 1.29 is 9.53 Å². The highest BCUT2D eigenvalue weighted by molar-refractivity contribution is 5.67. The molecule has 20 heavy (non-hydrogen) atoms. The maximum Gasteiger partial charge on any atom is 0.304 e. The molecule has 0 bridgehead atoms. The van der Waals surface area contributed by atoms with Gasteiger partial charge in [-0.2, -0.15) is 0 Å². The van der Waals surface area contributed by atoms with Crippen LogP contribution >= 0.6 is 0 Å². The maximum atomic E-state index is 11.1. The molecule has 0 amide bonds. The molecule has 0 aromatic rings. The molecule has 0 aromatic heterocycles. The van der Waals surface area contributed by atoms with Crippen molar-refractivity contribution in [3.8, 4) is 12.3 Å². The molecular weight excluding hydrogens is 248 g/mol. The zero-order chi connectivity index (χ0) is 16.0. The third-order valence-corrected chi connectivity index (χ3v) is 3.43. The fraction of sp³-hybridized carbons (Fsp3) is 0.611. The number of carbonyl (C=O) groups is 1. The lowest BCUT2D eigenvalue weighted by Crippen LogP contribution is -2.29. The maximum absolute atomic E-state index is 11.1. The summed E-state index contributed by atoms with van der Waals surface area (Å²) in [4.78, 5) is 11.1. The van der Waals surface area contributed by atoms with Crippen LogP contribution in [0.5, 0.6) is 0 Å². The second kappa shape index (κ2) is 7.33. The molecule has 0 aliphatic heterocycles. The molecule has 0 aliphatic rings. The van der Waals surface area contributed by atoms with Crippen LogP contribution in [-0.2, 0) is 9.53 Å². The molecule has 1 atom stereocenters. The minimum atomic E-state index is -0.894. The summed E-state index contributed by atoms with van der Waals surface area (Å²) in [6, 6.07) is 0. The summed E-state index contributed by atoms with van der Waals surface area (Å²) in [6.45, 7) is 15.8. The molecule has 0 N–H and O–H groups in total. The molecule has 1 unspecified atom stereocenters. The molecule has 0 heterocycles. The van der Waals surface area contributed by atoms with Crippen molar-refractivity contribution in [2.24, 2.45) is 5.41 Å². The predicted octanol–water partition coefficient (Wildman–Crippen LogP) is 4.66. The minimum Gasteiger partial charge on any atom is -0.446 e. The number of esters is 1. The second-order valence-electron chi connectivity index (χ2n) is 6.20. The van der Waals surface area contributed by atoms with Crippen molar-refractivity contribution in [2.45, 2.75) is 66.4 Å². The zero-order valence-corrected chi connectivity index (χ0v) is 13.8. The summed E-state index contributed by atoms with van der Waals surface area (Å²) in [5, 5.41) is 0. The molecule has 0 saturated heterocycles.